The van der Waals surface area contributed by atoms with E-state index in [-0.39, 0.29) is 11.4 Å². The van der Waals surface area contributed by atoms with Crippen LogP contribution in [0.15, 0.2) is 24.3 Å². The molecule has 1 heterocycles. The summed E-state index contributed by atoms with van der Waals surface area (Å²) in [5.74, 6) is -1.32. The normalized spacial score (nSPS) is 10.3. The Balaban J connectivity index is 2.13. The number of carboxylic acid groups (broad SMARTS) is 1. The van der Waals surface area contributed by atoms with Gasteiger partial charge in [0.2, 0.25) is 0 Å². The standard InChI is InChI=1S/C12H11FN2O2S/c1-7-10(12(16)17)11(18-15-7)14-6-8-3-2-4-9(13)5-8/h2-5,14H,6H2,1H3,(H,16,17). The Hall–Kier alpha value is -1.95. The number of halogens is 1. The van der Waals surface area contributed by atoms with Gasteiger partial charge in [0, 0.05) is 6.54 Å². The van der Waals surface area contributed by atoms with Gasteiger partial charge in [0.05, 0.1) is 5.69 Å². The van der Waals surface area contributed by atoms with Crippen LogP contribution < -0.4 is 5.32 Å². The molecule has 0 aliphatic rings. The van der Waals surface area contributed by atoms with Crippen LogP contribution in [-0.2, 0) is 6.54 Å². The molecule has 0 aliphatic carbocycles. The number of hydrogen-bond acceptors (Lipinski definition) is 4. The van der Waals surface area contributed by atoms with E-state index in [0.29, 0.717) is 17.2 Å². The van der Waals surface area contributed by atoms with Crippen molar-refractivity contribution in [2.24, 2.45) is 0 Å². The molecule has 0 saturated carbocycles. The van der Waals surface area contributed by atoms with Crippen molar-refractivity contribution in [1.82, 2.24) is 4.37 Å². The molecule has 0 bridgehead atoms. The Morgan fingerprint density at radius 1 is 1.56 bits per heavy atom. The van der Waals surface area contributed by atoms with Gasteiger partial charge in [-0.05, 0) is 36.2 Å². The maximum atomic E-state index is 13.0. The number of aromatic nitrogens is 1. The fourth-order valence-electron chi connectivity index (χ4n) is 1.57. The van der Waals surface area contributed by atoms with Crippen LogP contribution in [0, 0.1) is 12.7 Å². The summed E-state index contributed by atoms with van der Waals surface area (Å²) in [5, 5.41) is 12.5. The average molecular weight is 266 g/mol. The van der Waals surface area contributed by atoms with E-state index in [2.05, 4.69) is 9.69 Å². The summed E-state index contributed by atoms with van der Waals surface area (Å²) in [6, 6.07) is 6.15. The summed E-state index contributed by atoms with van der Waals surface area (Å²) >= 11 is 1.09. The lowest BCUT2D eigenvalue weighted by Gasteiger charge is -2.05. The van der Waals surface area contributed by atoms with Crippen molar-refractivity contribution in [3.8, 4) is 0 Å². The number of aryl methyl sites for hydroxylation is 1. The van der Waals surface area contributed by atoms with Gasteiger partial charge in [-0.15, -0.1) is 0 Å². The van der Waals surface area contributed by atoms with Crippen LogP contribution in [0.5, 0.6) is 0 Å². The van der Waals surface area contributed by atoms with E-state index in [1.807, 2.05) is 0 Å². The first kappa shape index (κ1) is 12.5. The van der Waals surface area contributed by atoms with Crippen LogP contribution >= 0.6 is 11.5 Å². The molecule has 0 radical (unpaired) electrons. The zero-order valence-corrected chi connectivity index (χ0v) is 10.4. The monoisotopic (exact) mass is 266 g/mol. The zero-order valence-electron chi connectivity index (χ0n) is 9.61. The number of nitrogens with zero attached hydrogens (tertiary/aromatic N) is 1. The molecular weight excluding hydrogens is 255 g/mol. The highest BCUT2D eigenvalue weighted by Gasteiger charge is 2.16. The van der Waals surface area contributed by atoms with Gasteiger partial charge in [-0.25, -0.2) is 9.18 Å². The van der Waals surface area contributed by atoms with Crippen LogP contribution in [0.25, 0.3) is 0 Å². The number of carboxylic acids is 1. The van der Waals surface area contributed by atoms with Gasteiger partial charge >= 0.3 is 5.97 Å². The Bertz CT molecular complexity index is 583. The lowest BCUT2D eigenvalue weighted by Crippen LogP contribution is -2.04. The molecule has 2 aromatic rings. The SMILES string of the molecule is Cc1nsc(NCc2cccc(F)c2)c1C(=O)O. The van der Waals surface area contributed by atoms with Gasteiger partial charge in [0.1, 0.15) is 16.4 Å². The zero-order chi connectivity index (χ0) is 13.1. The lowest BCUT2D eigenvalue weighted by molar-refractivity contribution is 0.0697. The van der Waals surface area contributed by atoms with Gasteiger partial charge in [0.25, 0.3) is 0 Å². The minimum Gasteiger partial charge on any atom is -0.478 e. The minimum atomic E-state index is -1.01. The Morgan fingerprint density at radius 2 is 2.33 bits per heavy atom. The molecule has 1 aromatic heterocycles. The van der Waals surface area contributed by atoms with Crippen molar-refractivity contribution in [3.05, 3.63) is 46.9 Å². The molecule has 0 amide bonds. The average Bonchev–Trinajstić information content (AvgIpc) is 2.68. The molecule has 0 fully saturated rings. The molecule has 0 unspecified atom stereocenters. The second-order valence-electron chi connectivity index (χ2n) is 3.76. The second kappa shape index (κ2) is 5.14. The first-order valence-corrected chi connectivity index (χ1v) is 6.03. The number of carbonyl (C=O) groups is 1. The van der Waals surface area contributed by atoms with Gasteiger partial charge in [-0.2, -0.15) is 4.37 Å². The molecule has 0 atom stereocenters. The van der Waals surface area contributed by atoms with Crippen LogP contribution in [0.3, 0.4) is 0 Å². The summed E-state index contributed by atoms with van der Waals surface area (Å²) in [4.78, 5) is 11.0. The maximum absolute atomic E-state index is 13.0. The number of anilines is 1. The van der Waals surface area contributed by atoms with Gasteiger partial charge in [-0.1, -0.05) is 12.1 Å². The van der Waals surface area contributed by atoms with Crippen LogP contribution in [0.2, 0.25) is 0 Å². The fraction of sp³-hybridized carbons (Fsp3) is 0.167. The molecule has 2 rings (SSSR count). The fourth-order valence-corrected chi connectivity index (χ4v) is 2.35. The molecule has 0 aliphatic heterocycles. The quantitative estimate of drug-likeness (QED) is 0.893. The topological polar surface area (TPSA) is 62.2 Å². The first-order valence-electron chi connectivity index (χ1n) is 5.26. The third-order valence-electron chi connectivity index (χ3n) is 2.42. The molecule has 18 heavy (non-hydrogen) atoms. The second-order valence-corrected chi connectivity index (χ2v) is 4.53. The summed E-state index contributed by atoms with van der Waals surface area (Å²) in [7, 11) is 0. The third kappa shape index (κ3) is 2.65. The highest BCUT2D eigenvalue weighted by molar-refractivity contribution is 7.10. The van der Waals surface area contributed by atoms with Crippen molar-refractivity contribution in [2.75, 3.05) is 5.32 Å². The van der Waals surface area contributed by atoms with Crippen molar-refractivity contribution < 1.29 is 14.3 Å². The molecule has 6 heteroatoms. The highest BCUT2D eigenvalue weighted by Crippen LogP contribution is 2.24. The molecule has 94 valence electrons. The van der Waals surface area contributed by atoms with E-state index in [9.17, 15) is 9.18 Å². The molecule has 4 nitrogen and oxygen atoms in total. The van der Waals surface area contributed by atoms with E-state index in [4.69, 9.17) is 5.11 Å². The molecule has 0 saturated heterocycles. The predicted molar refractivity (Wildman–Crippen MR) is 67.5 cm³/mol. The van der Waals surface area contributed by atoms with Gasteiger partial charge in [-0.3, -0.25) is 0 Å². The summed E-state index contributed by atoms with van der Waals surface area (Å²) in [6.07, 6.45) is 0. The number of nitrogens with one attached hydrogen (secondary N) is 1. The van der Waals surface area contributed by atoms with Crippen molar-refractivity contribution in [3.63, 3.8) is 0 Å². The molecule has 0 spiro atoms. The largest absolute Gasteiger partial charge is 0.478 e. The minimum absolute atomic E-state index is 0.177. The van der Waals surface area contributed by atoms with E-state index in [0.717, 1.165) is 17.1 Å². The number of rotatable bonds is 4. The summed E-state index contributed by atoms with van der Waals surface area (Å²) < 4.78 is 17.0. The van der Waals surface area contributed by atoms with E-state index >= 15 is 0 Å². The Kier molecular flexibility index (Phi) is 3.57. The van der Waals surface area contributed by atoms with E-state index in [1.54, 1.807) is 19.1 Å². The van der Waals surface area contributed by atoms with E-state index in [1.165, 1.54) is 12.1 Å². The maximum Gasteiger partial charge on any atom is 0.340 e. The number of aromatic carboxylic acids is 1. The molecular formula is C12H11FN2O2S. The molecule has 1 aromatic carbocycles. The van der Waals surface area contributed by atoms with Crippen LogP contribution in [0.4, 0.5) is 9.39 Å². The summed E-state index contributed by atoms with van der Waals surface area (Å²) in [6.45, 7) is 2.01. The lowest BCUT2D eigenvalue weighted by atomic mass is 10.2. The van der Waals surface area contributed by atoms with Crippen LogP contribution in [-0.4, -0.2) is 15.4 Å². The van der Waals surface area contributed by atoms with Gasteiger partial charge < -0.3 is 10.4 Å². The predicted octanol–water partition coefficient (Wildman–Crippen LogP) is 2.90. The Labute approximate surface area is 107 Å². The Morgan fingerprint density at radius 3 is 3.00 bits per heavy atom. The number of benzene rings is 1. The van der Waals surface area contributed by atoms with Crippen LogP contribution in [0.1, 0.15) is 21.6 Å². The van der Waals surface area contributed by atoms with Crippen molar-refractivity contribution in [2.45, 2.75) is 13.5 Å². The highest BCUT2D eigenvalue weighted by atomic mass is 32.1. The first-order chi connectivity index (χ1) is 8.58. The third-order valence-corrected chi connectivity index (χ3v) is 3.31. The smallest absolute Gasteiger partial charge is 0.340 e. The van der Waals surface area contributed by atoms with E-state index < -0.39 is 5.97 Å². The molecule has 2 N–H and O–H groups in total. The number of hydrogen-bond donors (Lipinski definition) is 2. The van der Waals surface area contributed by atoms with Crippen molar-refractivity contribution >= 4 is 22.5 Å². The summed E-state index contributed by atoms with van der Waals surface area (Å²) in [5.41, 5.74) is 1.41. The van der Waals surface area contributed by atoms with Gasteiger partial charge in [0.15, 0.2) is 0 Å². The van der Waals surface area contributed by atoms with Crippen molar-refractivity contribution in [1.29, 1.82) is 0 Å².